The van der Waals surface area contributed by atoms with Crippen LogP contribution in [0.5, 0.6) is 0 Å². The first-order valence-corrected chi connectivity index (χ1v) is 7.33. The maximum Gasteiger partial charge on any atom is 0.0110 e. The summed E-state index contributed by atoms with van der Waals surface area (Å²) in [5.41, 5.74) is 0. The number of rotatable bonds is 11. The van der Waals surface area contributed by atoms with Crippen LogP contribution in [0.2, 0.25) is 0 Å². The fourth-order valence-electron chi connectivity index (χ4n) is 2.24. The molecule has 96 valence electrons. The zero-order valence-corrected chi connectivity index (χ0v) is 11.3. The molecule has 0 unspecified atom stereocenters. The number of hydrogen-bond acceptors (Lipinski definition) is 2. The first-order chi connectivity index (χ1) is 7.88. The van der Waals surface area contributed by atoms with Crippen molar-refractivity contribution in [3.8, 4) is 0 Å². The molecule has 0 atom stereocenters. The summed E-state index contributed by atoms with van der Waals surface area (Å²) in [4.78, 5) is 2.62. The maximum absolute atomic E-state index is 3.57. The minimum absolute atomic E-state index is 0.927. The number of nitrogens with one attached hydrogen (secondary N) is 1. The van der Waals surface area contributed by atoms with Crippen LogP contribution in [0.3, 0.4) is 0 Å². The van der Waals surface area contributed by atoms with Crippen LogP contribution in [0.25, 0.3) is 0 Å². The van der Waals surface area contributed by atoms with E-state index in [1.165, 1.54) is 71.1 Å². The minimum atomic E-state index is 0.927. The molecule has 1 aliphatic carbocycles. The van der Waals surface area contributed by atoms with Crippen LogP contribution in [0.15, 0.2) is 0 Å². The number of likely N-dealkylation sites (N-methyl/N-ethyl adjacent to an activating group) is 1. The molecule has 0 spiro atoms. The normalized spacial score (nSPS) is 15.9. The highest BCUT2D eigenvalue weighted by Gasteiger charge is 2.26. The lowest BCUT2D eigenvalue weighted by Gasteiger charge is -2.19. The van der Waals surface area contributed by atoms with Crippen LogP contribution >= 0.6 is 0 Å². The molecule has 0 heterocycles. The van der Waals surface area contributed by atoms with E-state index in [2.05, 4.69) is 24.1 Å². The predicted octanol–water partition coefficient (Wildman–Crippen LogP) is 3.03. The summed E-state index contributed by atoms with van der Waals surface area (Å²) >= 11 is 0. The molecule has 0 bridgehead atoms. The highest BCUT2D eigenvalue weighted by molar-refractivity contribution is 4.83. The molecular formula is C14H30N2. The van der Waals surface area contributed by atoms with Gasteiger partial charge in [0.25, 0.3) is 0 Å². The molecule has 1 N–H and O–H groups in total. The molecule has 0 saturated heterocycles. The number of nitrogens with zero attached hydrogens (tertiary/aromatic N) is 1. The second kappa shape index (κ2) is 9.00. The van der Waals surface area contributed by atoms with Gasteiger partial charge >= 0.3 is 0 Å². The van der Waals surface area contributed by atoms with Crippen LogP contribution in [0, 0.1) is 0 Å². The lowest BCUT2D eigenvalue weighted by Crippen LogP contribution is -2.33. The molecule has 2 heteroatoms. The summed E-state index contributed by atoms with van der Waals surface area (Å²) in [5.74, 6) is 0. The minimum Gasteiger partial charge on any atom is -0.315 e. The van der Waals surface area contributed by atoms with E-state index in [1.54, 1.807) is 0 Å². The Hall–Kier alpha value is -0.0800. The van der Waals surface area contributed by atoms with Crippen molar-refractivity contribution in [3.63, 3.8) is 0 Å². The summed E-state index contributed by atoms with van der Waals surface area (Å²) in [5, 5.41) is 3.57. The van der Waals surface area contributed by atoms with E-state index in [9.17, 15) is 0 Å². The maximum atomic E-state index is 3.57. The van der Waals surface area contributed by atoms with Crippen LogP contribution in [0.1, 0.15) is 58.8 Å². The molecule has 0 aromatic carbocycles. The third-order valence-electron chi connectivity index (χ3n) is 3.50. The Kier molecular flexibility index (Phi) is 7.87. The van der Waals surface area contributed by atoms with Gasteiger partial charge in [0.05, 0.1) is 0 Å². The van der Waals surface area contributed by atoms with Gasteiger partial charge < -0.3 is 5.32 Å². The Morgan fingerprint density at radius 3 is 2.38 bits per heavy atom. The van der Waals surface area contributed by atoms with Crippen LogP contribution in [-0.4, -0.2) is 37.1 Å². The van der Waals surface area contributed by atoms with Crippen molar-refractivity contribution in [2.45, 2.75) is 64.8 Å². The Morgan fingerprint density at radius 1 is 1.00 bits per heavy atom. The van der Waals surface area contributed by atoms with Crippen LogP contribution < -0.4 is 5.32 Å². The molecule has 1 fully saturated rings. The zero-order valence-electron chi connectivity index (χ0n) is 11.3. The van der Waals surface area contributed by atoms with E-state index in [4.69, 9.17) is 0 Å². The van der Waals surface area contributed by atoms with Gasteiger partial charge in [-0.25, -0.2) is 0 Å². The second-order valence-electron chi connectivity index (χ2n) is 5.02. The van der Waals surface area contributed by atoms with E-state index < -0.39 is 0 Å². The van der Waals surface area contributed by atoms with Gasteiger partial charge in [-0.1, -0.05) is 39.5 Å². The third kappa shape index (κ3) is 6.49. The lowest BCUT2D eigenvalue weighted by molar-refractivity contribution is 0.277. The Balaban J connectivity index is 1.80. The van der Waals surface area contributed by atoms with Gasteiger partial charge in [0, 0.05) is 19.1 Å². The summed E-state index contributed by atoms with van der Waals surface area (Å²) in [6.07, 6.45) is 9.80. The van der Waals surface area contributed by atoms with Gasteiger partial charge in [-0.3, -0.25) is 4.90 Å². The molecule has 1 aliphatic rings. The van der Waals surface area contributed by atoms with E-state index in [0.29, 0.717) is 0 Å². The highest BCUT2D eigenvalue weighted by atomic mass is 15.2. The van der Waals surface area contributed by atoms with Gasteiger partial charge in [-0.05, 0) is 32.4 Å². The Morgan fingerprint density at radius 2 is 1.75 bits per heavy atom. The van der Waals surface area contributed by atoms with Crippen molar-refractivity contribution < 1.29 is 0 Å². The summed E-state index contributed by atoms with van der Waals surface area (Å²) in [6.45, 7) is 9.42. The highest BCUT2D eigenvalue weighted by Crippen LogP contribution is 2.25. The first-order valence-electron chi connectivity index (χ1n) is 7.33. The average molecular weight is 226 g/mol. The number of unbranched alkanes of at least 4 members (excludes halogenated alkanes) is 4. The fourth-order valence-corrected chi connectivity index (χ4v) is 2.24. The van der Waals surface area contributed by atoms with Crippen molar-refractivity contribution in [1.82, 2.24) is 10.2 Å². The Bertz CT molecular complexity index is 155. The summed E-state index contributed by atoms with van der Waals surface area (Å²) in [7, 11) is 0. The molecule has 0 aliphatic heterocycles. The predicted molar refractivity (Wildman–Crippen MR) is 71.9 cm³/mol. The fraction of sp³-hybridized carbons (Fsp3) is 1.00. The van der Waals surface area contributed by atoms with Gasteiger partial charge in [-0.2, -0.15) is 0 Å². The zero-order chi connectivity index (χ0) is 11.6. The smallest absolute Gasteiger partial charge is 0.0110 e. The SMILES string of the molecule is CCCCCCCNCCN(CC)C1CC1. The van der Waals surface area contributed by atoms with Crippen molar-refractivity contribution in [1.29, 1.82) is 0 Å². The molecule has 0 amide bonds. The van der Waals surface area contributed by atoms with Gasteiger partial charge in [0.1, 0.15) is 0 Å². The van der Waals surface area contributed by atoms with Crippen LogP contribution in [0.4, 0.5) is 0 Å². The lowest BCUT2D eigenvalue weighted by atomic mass is 10.1. The summed E-state index contributed by atoms with van der Waals surface area (Å²) < 4.78 is 0. The molecular weight excluding hydrogens is 196 g/mol. The molecule has 0 aromatic heterocycles. The van der Waals surface area contributed by atoms with E-state index in [0.717, 1.165) is 6.04 Å². The molecule has 0 aromatic rings. The molecule has 2 nitrogen and oxygen atoms in total. The van der Waals surface area contributed by atoms with E-state index in [-0.39, 0.29) is 0 Å². The van der Waals surface area contributed by atoms with Crippen molar-refractivity contribution >= 4 is 0 Å². The third-order valence-corrected chi connectivity index (χ3v) is 3.50. The largest absolute Gasteiger partial charge is 0.315 e. The van der Waals surface area contributed by atoms with Crippen LogP contribution in [-0.2, 0) is 0 Å². The molecule has 16 heavy (non-hydrogen) atoms. The van der Waals surface area contributed by atoms with Gasteiger partial charge in [0.15, 0.2) is 0 Å². The standard InChI is InChI=1S/C14H30N2/c1-3-5-6-7-8-11-15-12-13-16(4-2)14-9-10-14/h14-15H,3-13H2,1-2H3. The first kappa shape index (κ1) is 14.0. The van der Waals surface area contributed by atoms with Crippen molar-refractivity contribution in [2.75, 3.05) is 26.2 Å². The quantitative estimate of drug-likeness (QED) is 0.545. The van der Waals surface area contributed by atoms with Crippen molar-refractivity contribution in [2.24, 2.45) is 0 Å². The topological polar surface area (TPSA) is 15.3 Å². The molecule has 0 radical (unpaired) electrons. The monoisotopic (exact) mass is 226 g/mol. The second-order valence-corrected chi connectivity index (χ2v) is 5.02. The number of hydrogen-bond donors (Lipinski definition) is 1. The average Bonchev–Trinajstić information content (AvgIpc) is 3.11. The summed E-state index contributed by atoms with van der Waals surface area (Å²) in [6, 6.07) is 0.927. The van der Waals surface area contributed by atoms with Gasteiger partial charge in [0.2, 0.25) is 0 Å². The van der Waals surface area contributed by atoms with Gasteiger partial charge in [-0.15, -0.1) is 0 Å². The molecule has 1 saturated carbocycles. The van der Waals surface area contributed by atoms with Crippen molar-refractivity contribution in [3.05, 3.63) is 0 Å². The molecule has 1 rings (SSSR count). The Labute approximate surface area is 102 Å². The van der Waals surface area contributed by atoms with E-state index in [1.807, 2.05) is 0 Å². The van der Waals surface area contributed by atoms with E-state index >= 15 is 0 Å².